The topological polar surface area (TPSA) is 42.0 Å². The van der Waals surface area contributed by atoms with Gasteiger partial charge in [-0.25, -0.2) is 4.39 Å². The molecule has 0 aliphatic carbocycles. The van der Waals surface area contributed by atoms with Crippen LogP contribution in [-0.4, -0.2) is 17.4 Å². The van der Waals surface area contributed by atoms with Gasteiger partial charge in [0.2, 0.25) is 5.91 Å². The number of amides is 1. The van der Waals surface area contributed by atoms with Gasteiger partial charge in [0, 0.05) is 31.3 Å². The molecule has 0 aliphatic heterocycles. The molecule has 1 heterocycles. The zero-order chi connectivity index (χ0) is 15.1. The lowest BCUT2D eigenvalue weighted by Crippen LogP contribution is -2.28. The molecule has 110 valence electrons. The van der Waals surface area contributed by atoms with Crippen molar-refractivity contribution >= 4 is 5.91 Å². The summed E-state index contributed by atoms with van der Waals surface area (Å²) >= 11 is 0. The fourth-order valence-electron chi connectivity index (χ4n) is 2.21. The van der Waals surface area contributed by atoms with E-state index in [1.807, 2.05) is 25.3 Å². The highest BCUT2D eigenvalue weighted by Gasteiger charge is 2.14. The van der Waals surface area contributed by atoms with Crippen LogP contribution >= 0.6 is 0 Å². The zero-order valence-electron chi connectivity index (χ0n) is 12.1. The van der Waals surface area contributed by atoms with E-state index in [-0.39, 0.29) is 17.6 Å². The largest absolute Gasteiger partial charge is 0.355 e. The maximum Gasteiger partial charge on any atom is 0.219 e. The second kappa shape index (κ2) is 7.53. The van der Waals surface area contributed by atoms with E-state index >= 15 is 0 Å². The first kappa shape index (κ1) is 15.2. The first-order chi connectivity index (χ1) is 10.2. The van der Waals surface area contributed by atoms with E-state index < -0.39 is 0 Å². The predicted molar refractivity (Wildman–Crippen MR) is 80.4 cm³/mol. The summed E-state index contributed by atoms with van der Waals surface area (Å²) in [6.07, 6.45) is 4.76. The van der Waals surface area contributed by atoms with Crippen molar-refractivity contribution in [3.63, 3.8) is 0 Å². The third kappa shape index (κ3) is 4.67. The van der Waals surface area contributed by atoms with Crippen molar-refractivity contribution in [3.8, 4) is 0 Å². The Hall–Kier alpha value is -2.23. The Morgan fingerprint density at radius 3 is 2.67 bits per heavy atom. The van der Waals surface area contributed by atoms with Crippen molar-refractivity contribution < 1.29 is 9.18 Å². The molecule has 4 heteroatoms. The highest BCUT2D eigenvalue weighted by atomic mass is 19.1. The van der Waals surface area contributed by atoms with Gasteiger partial charge < -0.3 is 5.32 Å². The van der Waals surface area contributed by atoms with Crippen LogP contribution in [0, 0.1) is 5.82 Å². The number of nitrogens with one attached hydrogen (secondary N) is 1. The van der Waals surface area contributed by atoms with Crippen molar-refractivity contribution in [1.29, 1.82) is 0 Å². The Morgan fingerprint density at radius 2 is 2.05 bits per heavy atom. The molecule has 1 N–H and O–H groups in total. The molecule has 2 rings (SSSR count). The van der Waals surface area contributed by atoms with E-state index in [0.29, 0.717) is 13.0 Å². The van der Waals surface area contributed by atoms with E-state index in [4.69, 9.17) is 0 Å². The normalized spacial score (nSPS) is 11.9. The highest BCUT2D eigenvalue weighted by molar-refractivity contribution is 5.75. The molecule has 1 aromatic heterocycles. The molecule has 3 nitrogen and oxygen atoms in total. The van der Waals surface area contributed by atoms with Gasteiger partial charge in [-0.2, -0.15) is 0 Å². The number of carbonyl (C=O) groups excluding carboxylic acids is 1. The van der Waals surface area contributed by atoms with Crippen LogP contribution in [0.3, 0.4) is 0 Å². The standard InChI is InChI=1S/C17H19FN2O/c1-2-17(21)20-12-15(10-13-4-3-9-19-11-13)14-5-7-16(18)8-6-14/h3-9,11,15H,2,10,12H2,1H3,(H,20,21). The fraction of sp³-hybridized carbons (Fsp3) is 0.294. The number of aromatic nitrogens is 1. The first-order valence-corrected chi connectivity index (χ1v) is 7.10. The van der Waals surface area contributed by atoms with Gasteiger partial charge in [0.25, 0.3) is 0 Å². The third-order valence-corrected chi connectivity index (χ3v) is 3.41. The number of hydrogen-bond donors (Lipinski definition) is 1. The van der Waals surface area contributed by atoms with Crippen molar-refractivity contribution in [3.05, 3.63) is 65.7 Å². The van der Waals surface area contributed by atoms with Gasteiger partial charge in [0.15, 0.2) is 0 Å². The molecule has 1 unspecified atom stereocenters. The van der Waals surface area contributed by atoms with Gasteiger partial charge >= 0.3 is 0 Å². The average molecular weight is 286 g/mol. The second-order valence-corrected chi connectivity index (χ2v) is 4.97. The van der Waals surface area contributed by atoms with Gasteiger partial charge in [-0.15, -0.1) is 0 Å². The Labute approximate surface area is 124 Å². The molecule has 0 saturated carbocycles. The van der Waals surface area contributed by atoms with Crippen molar-refractivity contribution in [2.24, 2.45) is 0 Å². The molecule has 0 fully saturated rings. The molecule has 1 aromatic carbocycles. The molecular weight excluding hydrogens is 267 g/mol. The smallest absolute Gasteiger partial charge is 0.219 e. The molecule has 21 heavy (non-hydrogen) atoms. The molecule has 1 atom stereocenters. The Balaban J connectivity index is 2.13. The van der Waals surface area contributed by atoms with Crippen LogP contribution in [0.1, 0.15) is 30.4 Å². The first-order valence-electron chi connectivity index (χ1n) is 7.10. The van der Waals surface area contributed by atoms with Gasteiger partial charge in [0.1, 0.15) is 5.82 Å². The van der Waals surface area contributed by atoms with Crippen LogP contribution < -0.4 is 5.32 Å². The predicted octanol–water partition coefficient (Wildman–Crippen LogP) is 3.07. The lowest BCUT2D eigenvalue weighted by molar-refractivity contribution is -0.120. The van der Waals surface area contributed by atoms with E-state index in [2.05, 4.69) is 10.3 Å². The molecule has 0 aliphatic rings. The minimum absolute atomic E-state index is 0.0216. The lowest BCUT2D eigenvalue weighted by Gasteiger charge is -2.18. The SMILES string of the molecule is CCC(=O)NCC(Cc1cccnc1)c1ccc(F)cc1. The van der Waals surface area contributed by atoms with Crippen LogP contribution in [0.25, 0.3) is 0 Å². The van der Waals surface area contributed by atoms with Crippen molar-refractivity contribution in [2.75, 3.05) is 6.54 Å². The van der Waals surface area contributed by atoms with Gasteiger partial charge in [0.05, 0.1) is 0 Å². The number of carbonyl (C=O) groups is 1. The summed E-state index contributed by atoms with van der Waals surface area (Å²) in [5.41, 5.74) is 2.11. The number of hydrogen-bond acceptors (Lipinski definition) is 2. The van der Waals surface area contributed by atoms with Crippen molar-refractivity contribution in [2.45, 2.75) is 25.7 Å². The maximum absolute atomic E-state index is 13.1. The number of nitrogens with zero attached hydrogens (tertiary/aromatic N) is 1. The van der Waals surface area contributed by atoms with E-state index in [1.165, 1.54) is 12.1 Å². The molecule has 0 saturated heterocycles. The molecule has 0 spiro atoms. The summed E-state index contributed by atoms with van der Waals surface area (Å²) in [4.78, 5) is 15.6. The van der Waals surface area contributed by atoms with Crippen LogP contribution in [0.5, 0.6) is 0 Å². The maximum atomic E-state index is 13.1. The van der Waals surface area contributed by atoms with Gasteiger partial charge in [-0.05, 0) is 35.7 Å². The molecule has 2 aromatic rings. The number of halogens is 1. The third-order valence-electron chi connectivity index (χ3n) is 3.41. The minimum Gasteiger partial charge on any atom is -0.355 e. The molecule has 0 radical (unpaired) electrons. The second-order valence-electron chi connectivity index (χ2n) is 4.97. The van der Waals surface area contributed by atoms with E-state index in [1.54, 1.807) is 18.3 Å². The summed E-state index contributed by atoms with van der Waals surface area (Å²) in [7, 11) is 0. The van der Waals surface area contributed by atoms with Crippen LogP contribution in [0.2, 0.25) is 0 Å². The molecular formula is C17H19FN2O. The number of benzene rings is 1. The molecule has 0 bridgehead atoms. The van der Waals surface area contributed by atoms with Gasteiger partial charge in [-0.3, -0.25) is 9.78 Å². The highest BCUT2D eigenvalue weighted by Crippen LogP contribution is 2.20. The summed E-state index contributed by atoms with van der Waals surface area (Å²) in [5, 5.41) is 2.91. The average Bonchev–Trinajstić information content (AvgIpc) is 2.53. The van der Waals surface area contributed by atoms with Crippen LogP contribution in [0.15, 0.2) is 48.8 Å². The summed E-state index contributed by atoms with van der Waals surface area (Å²) < 4.78 is 13.1. The number of rotatable bonds is 6. The Bertz CT molecular complexity index is 569. The number of pyridine rings is 1. The summed E-state index contributed by atoms with van der Waals surface area (Å²) in [5.74, 6) is -0.130. The monoisotopic (exact) mass is 286 g/mol. The molecule has 1 amide bonds. The quantitative estimate of drug-likeness (QED) is 0.886. The summed E-state index contributed by atoms with van der Waals surface area (Å²) in [6, 6.07) is 10.3. The zero-order valence-corrected chi connectivity index (χ0v) is 12.1. The fourth-order valence-corrected chi connectivity index (χ4v) is 2.21. The van der Waals surface area contributed by atoms with E-state index in [0.717, 1.165) is 17.5 Å². The van der Waals surface area contributed by atoms with Gasteiger partial charge in [-0.1, -0.05) is 25.1 Å². The van der Waals surface area contributed by atoms with Crippen molar-refractivity contribution in [1.82, 2.24) is 10.3 Å². The Morgan fingerprint density at radius 1 is 1.29 bits per heavy atom. The lowest BCUT2D eigenvalue weighted by atomic mass is 9.92. The van der Waals surface area contributed by atoms with Crippen LogP contribution in [-0.2, 0) is 11.2 Å². The minimum atomic E-state index is -0.253. The Kier molecular flexibility index (Phi) is 5.43. The van der Waals surface area contributed by atoms with E-state index in [9.17, 15) is 9.18 Å². The summed E-state index contributed by atoms with van der Waals surface area (Å²) in [6.45, 7) is 2.36. The van der Waals surface area contributed by atoms with Crippen LogP contribution in [0.4, 0.5) is 4.39 Å².